The molecule has 1 aliphatic heterocycles. The quantitative estimate of drug-likeness (QED) is 0.187. The van der Waals surface area contributed by atoms with E-state index in [1.165, 1.54) is 30.3 Å². The Hall–Kier alpha value is -4.90. The van der Waals surface area contributed by atoms with E-state index in [4.69, 9.17) is 9.47 Å². The summed E-state index contributed by atoms with van der Waals surface area (Å²) in [4.78, 5) is 37.8. The first-order valence-corrected chi connectivity index (χ1v) is 15.2. The van der Waals surface area contributed by atoms with Gasteiger partial charge in [0.05, 0.1) is 25.9 Å². The highest BCUT2D eigenvalue weighted by Gasteiger charge is 2.34. The van der Waals surface area contributed by atoms with Gasteiger partial charge in [-0.05, 0) is 60.4 Å². The van der Waals surface area contributed by atoms with Crippen LogP contribution in [0.15, 0.2) is 60.7 Å². The van der Waals surface area contributed by atoms with Crippen LogP contribution in [-0.4, -0.2) is 75.9 Å². The van der Waals surface area contributed by atoms with Gasteiger partial charge >= 0.3 is 18.4 Å². The van der Waals surface area contributed by atoms with E-state index in [-0.39, 0.29) is 55.0 Å². The molecule has 0 aromatic heterocycles. The number of alkyl halides is 3. The fourth-order valence-electron chi connectivity index (χ4n) is 5.29. The molecule has 0 radical (unpaired) electrons. The number of hydrogen-bond donors (Lipinski definition) is 4. The molecule has 4 N–H and O–H groups in total. The summed E-state index contributed by atoms with van der Waals surface area (Å²) < 4.78 is 110. The predicted molar refractivity (Wildman–Crippen MR) is 164 cm³/mol. The Morgan fingerprint density at radius 2 is 1.64 bits per heavy atom. The van der Waals surface area contributed by atoms with Gasteiger partial charge in [0.15, 0.2) is 0 Å². The molecule has 1 fully saturated rings. The van der Waals surface area contributed by atoms with Gasteiger partial charge in [-0.3, -0.25) is 4.79 Å². The standard InChI is InChI=1S/C33H33F7N4O6/c1-48-32(47)44-29(28(18-5-7-20(34)8-6-18)19-11-21(35)13-22(36)12-19)30(45)43-27-4-2-3-26(37)25(27)10-9-24-14-41-23(15-49-24)16-50-31(46)42-17-33(38,39)40/h2-8,11-13,23-24,28-29,41H,9-10,14-17H2,1H3,(H,42,46)(H,43,45)(H,44,47)/t23-,24+,28-,29-/m0/s1. The van der Waals surface area contributed by atoms with Crippen molar-refractivity contribution in [3.63, 3.8) is 0 Å². The van der Waals surface area contributed by atoms with Crippen molar-refractivity contribution in [2.24, 2.45) is 0 Å². The molecule has 0 aliphatic carbocycles. The maximum Gasteiger partial charge on any atom is 0.407 e. The molecule has 0 bridgehead atoms. The number of amides is 3. The molecule has 4 rings (SSSR count). The third-order valence-electron chi connectivity index (χ3n) is 7.66. The Kier molecular flexibility index (Phi) is 13.0. The molecule has 270 valence electrons. The molecule has 1 aliphatic rings. The first kappa shape index (κ1) is 37.9. The van der Waals surface area contributed by atoms with Crippen molar-refractivity contribution in [2.45, 2.75) is 43.1 Å². The average molecular weight is 715 g/mol. The van der Waals surface area contributed by atoms with Crippen LogP contribution in [0.1, 0.15) is 29.0 Å². The molecule has 1 saturated heterocycles. The number of carbonyl (C=O) groups is 3. The summed E-state index contributed by atoms with van der Waals surface area (Å²) in [5.74, 6) is -5.44. The van der Waals surface area contributed by atoms with E-state index in [9.17, 15) is 40.7 Å². The molecule has 3 amide bonds. The zero-order chi connectivity index (χ0) is 36.4. The van der Waals surface area contributed by atoms with Crippen LogP contribution >= 0.6 is 0 Å². The highest BCUT2D eigenvalue weighted by molar-refractivity contribution is 5.98. The number of anilines is 1. The Bertz CT molecular complexity index is 1620. The second kappa shape index (κ2) is 17.2. The Labute approximate surface area is 281 Å². The van der Waals surface area contributed by atoms with Crippen molar-refractivity contribution < 1.29 is 59.3 Å². The van der Waals surface area contributed by atoms with Crippen LogP contribution in [0.25, 0.3) is 0 Å². The summed E-state index contributed by atoms with van der Waals surface area (Å²) in [5.41, 5.74) is 0.232. The Morgan fingerprint density at radius 3 is 2.26 bits per heavy atom. The number of hydrogen-bond acceptors (Lipinski definition) is 7. The molecule has 10 nitrogen and oxygen atoms in total. The number of morpholine rings is 1. The van der Waals surface area contributed by atoms with Crippen LogP contribution in [0.2, 0.25) is 0 Å². The van der Waals surface area contributed by atoms with Gasteiger partial charge in [-0.2, -0.15) is 13.2 Å². The molecular formula is C33H33F7N4O6. The van der Waals surface area contributed by atoms with Crippen LogP contribution in [0.4, 0.5) is 46.0 Å². The number of carbonyl (C=O) groups excluding carboxylic acids is 3. The normalized spacial score (nSPS) is 17.3. The lowest BCUT2D eigenvalue weighted by Crippen LogP contribution is -2.49. The number of nitrogens with one attached hydrogen (secondary N) is 4. The Morgan fingerprint density at radius 1 is 0.940 bits per heavy atom. The number of rotatable bonds is 12. The maximum atomic E-state index is 15.2. The number of alkyl carbamates (subject to hydrolysis) is 2. The second-order valence-corrected chi connectivity index (χ2v) is 11.3. The van der Waals surface area contributed by atoms with Gasteiger partial charge in [0.25, 0.3) is 0 Å². The molecule has 3 aromatic rings. The molecule has 1 heterocycles. The minimum atomic E-state index is -4.59. The summed E-state index contributed by atoms with van der Waals surface area (Å²) in [5, 5.41) is 9.60. The minimum absolute atomic E-state index is 0.0230. The fraction of sp³-hybridized carbons (Fsp3) is 0.364. The third kappa shape index (κ3) is 11.1. The molecule has 50 heavy (non-hydrogen) atoms. The maximum absolute atomic E-state index is 15.2. The van der Waals surface area contributed by atoms with E-state index in [2.05, 4.69) is 20.7 Å². The zero-order valence-corrected chi connectivity index (χ0v) is 26.4. The van der Waals surface area contributed by atoms with Gasteiger partial charge in [0, 0.05) is 29.8 Å². The van der Waals surface area contributed by atoms with E-state index in [1.54, 1.807) is 5.32 Å². The third-order valence-corrected chi connectivity index (χ3v) is 7.66. The SMILES string of the molecule is COC(=O)N[C@H](C(=O)Nc1cccc(F)c1CC[C@@H]1CN[C@H](COC(=O)NCC(F)(F)F)CO1)[C@@H](c1ccc(F)cc1)c1cc(F)cc(F)c1. The lowest BCUT2D eigenvalue weighted by atomic mass is 9.84. The van der Waals surface area contributed by atoms with Gasteiger partial charge in [0.1, 0.15) is 42.5 Å². The molecule has 3 aromatic carbocycles. The highest BCUT2D eigenvalue weighted by Crippen LogP contribution is 2.32. The van der Waals surface area contributed by atoms with Crippen molar-refractivity contribution in [3.05, 3.63) is 101 Å². The van der Waals surface area contributed by atoms with Crippen molar-refractivity contribution >= 4 is 23.8 Å². The van der Waals surface area contributed by atoms with Crippen LogP contribution in [0.5, 0.6) is 0 Å². The molecule has 0 unspecified atom stereocenters. The number of methoxy groups -OCH3 is 1. The number of benzene rings is 3. The summed E-state index contributed by atoms with van der Waals surface area (Å²) in [7, 11) is 1.04. The number of halogens is 7. The van der Waals surface area contributed by atoms with Gasteiger partial charge in [0.2, 0.25) is 5.91 Å². The monoisotopic (exact) mass is 714 g/mol. The van der Waals surface area contributed by atoms with Gasteiger partial charge in [-0.1, -0.05) is 18.2 Å². The van der Waals surface area contributed by atoms with E-state index < -0.39 is 78.2 Å². The van der Waals surface area contributed by atoms with Gasteiger partial charge in [-0.25, -0.2) is 27.2 Å². The van der Waals surface area contributed by atoms with E-state index in [0.29, 0.717) is 6.07 Å². The average Bonchev–Trinajstić information content (AvgIpc) is 3.06. The van der Waals surface area contributed by atoms with Crippen LogP contribution in [0.3, 0.4) is 0 Å². The lowest BCUT2D eigenvalue weighted by molar-refractivity contribution is -0.124. The molecular weight excluding hydrogens is 681 g/mol. The molecule has 0 spiro atoms. The predicted octanol–water partition coefficient (Wildman–Crippen LogP) is 5.32. The zero-order valence-electron chi connectivity index (χ0n) is 26.4. The van der Waals surface area contributed by atoms with Gasteiger partial charge in [-0.15, -0.1) is 0 Å². The second-order valence-electron chi connectivity index (χ2n) is 11.3. The molecule has 17 heteroatoms. The lowest BCUT2D eigenvalue weighted by Gasteiger charge is -2.30. The first-order valence-electron chi connectivity index (χ1n) is 15.2. The van der Waals surface area contributed by atoms with Gasteiger partial charge < -0.3 is 35.5 Å². The van der Waals surface area contributed by atoms with Crippen LogP contribution in [0, 0.1) is 23.3 Å². The highest BCUT2D eigenvalue weighted by atomic mass is 19.4. The van der Waals surface area contributed by atoms with Crippen LogP contribution in [-0.2, 0) is 25.4 Å². The van der Waals surface area contributed by atoms with Crippen molar-refractivity contribution in [1.82, 2.24) is 16.0 Å². The minimum Gasteiger partial charge on any atom is -0.453 e. The first-order chi connectivity index (χ1) is 23.7. The van der Waals surface area contributed by atoms with Crippen molar-refractivity contribution in [3.8, 4) is 0 Å². The fourth-order valence-corrected chi connectivity index (χ4v) is 5.29. The van der Waals surface area contributed by atoms with E-state index in [0.717, 1.165) is 31.4 Å². The van der Waals surface area contributed by atoms with Crippen molar-refractivity contribution in [1.29, 1.82) is 0 Å². The van der Waals surface area contributed by atoms with E-state index in [1.807, 2.05) is 0 Å². The molecule has 4 atom stereocenters. The topological polar surface area (TPSA) is 127 Å². The smallest absolute Gasteiger partial charge is 0.407 e. The molecule has 0 saturated carbocycles. The summed E-state index contributed by atoms with van der Waals surface area (Å²) in [6, 6.07) is 9.06. The van der Waals surface area contributed by atoms with Crippen LogP contribution < -0.4 is 21.3 Å². The number of ether oxygens (including phenoxy) is 3. The summed E-state index contributed by atoms with van der Waals surface area (Å²) in [6.45, 7) is -1.54. The van der Waals surface area contributed by atoms with E-state index >= 15 is 4.39 Å². The van der Waals surface area contributed by atoms with Crippen molar-refractivity contribution in [2.75, 3.05) is 38.7 Å². The summed E-state index contributed by atoms with van der Waals surface area (Å²) >= 11 is 0. The Balaban J connectivity index is 1.47. The largest absolute Gasteiger partial charge is 0.453 e. The summed E-state index contributed by atoms with van der Waals surface area (Å²) in [6.07, 6.45) is -7.08.